The fourth-order valence-electron chi connectivity index (χ4n) is 5.74. The molecule has 2 aliphatic carbocycles. The third-order valence-corrected chi connectivity index (χ3v) is 6.63. The van der Waals surface area contributed by atoms with Gasteiger partial charge in [-0.1, -0.05) is 6.07 Å². The van der Waals surface area contributed by atoms with Gasteiger partial charge in [0.15, 0.2) is 17.6 Å². The van der Waals surface area contributed by atoms with E-state index in [0.717, 1.165) is 31.4 Å². The van der Waals surface area contributed by atoms with E-state index in [0.29, 0.717) is 24.1 Å². The van der Waals surface area contributed by atoms with Crippen LogP contribution in [0.3, 0.4) is 0 Å². The van der Waals surface area contributed by atoms with Crippen LogP contribution in [0, 0.1) is 5.92 Å². The van der Waals surface area contributed by atoms with Gasteiger partial charge in [0.05, 0.1) is 0 Å². The molecule has 118 valence electrons. The van der Waals surface area contributed by atoms with Gasteiger partial charge in [0.2, 0.25) is 5.79 Å². The lowest BCUT2D eigenvalue weighted by atomic mass is 9.51. The van der Waals surface area contributed by atoms with Crippen molar-refractivity contribution in [2.45, 2.75) is 49.0 Å². The third-order valence-electron chi connectivity index (χ3n) is 6.63. The summed E-state index contributed by atoms with van der Waals surface area (Å²) >= 11 is 0. The van der Waals surface area contributed by atoms with E-state index in [1.165, 1.54) is 5.56 Å². The summed E-state index contributed by atoms with van der Waals surface area (Å²) in [6.45, 7) is 0.922. The predicted molar refractivity (Wildman–Crippen MR) is 78.8 cm³/mol. The van der Waals surface area contributed by atoms with Gasteiger partial charge in [-0.3, -0.25) is 0 Å². The fourth-order valence-corrected chi connectivity index (χ4v) is 5.74. The van der Waals surface area contributed by atoms with Crippen LogP contribution in [0.5, 0.6) is 11.5 Å². The summed E-state index contributed by atoms with van der Waals surface area (Å²) in [7, 11) is 2.16. The molecule has 4 atom stereocenters. The van der Waals surface area contributed by atoms with Crippen molar-refractivity contribution in [1.82, 2.24) is 4.90 Å². The number of phenols is 1. The second kappa shape index (κ2) is 3.78. The zero-order valence-corrected chi connectivity index (χ0v) is 12.6. The second-order valence-corrected chi connectivity index (χ2v) is 7.51. The van der Waals surface area contributed by atoms with E-state index in [4.69, 9.17) is 4.74 Å². The molecule has 1 aromatic rings. The molecule has 5 heteroatoms. The Hall–Kier alpha value is -1.30. The van der Waals surface area contributed by atoms with Crippen LogP contribution >= 0.6 is 0 Å². The molecule has 2 fully saturated rings. The van der Waals surface area contributed by atoms with Crippen molar-refractivity contribution in [3.8, 4) is 11.5 Å². The van der Waals surface area contributed by atoms with Crippen molar-refractivity contribution in [3.63, 3.8) is 0 Å². The van der Waals surface area contributed by atoms with E-state index in [-0.39, 0.29) is 11.2 Å². The lowest BCUT2D eigenvalue weighted by molar-refractivity contribution is -0.265. The smallest absolute Gasteiger partial charge is 0.201 e. The molecule has 2 aliphatic heterocycles. The van der Waals surface area contributed by atoms with Crippen molar-refractivity contribution in [3.05, 3.63) is 23.3 Å². The molecule has 0 radical (unpaired) electrons. The molecule has 5 nitrogen and oxygen atoms in total. The van der Waals surface area contributed by atoms with Gasteiger partial charge in [-0.2, -0.15) is 0 Å². The van der Waals surface area contributed by atoms with Gasteiger partial charge in [-0.05, 0) is 50.4 Å². The van der Waals surface area contributed by atoms with E-state index in [9.17, 15) is 15.3 Å². The van der Waals surface area contributed by atoms with Gasteiger partial charge in [-0.25, -0.2) is 0 Å². The first kappa shape index (κ1) is 13.2. The minimum Gasteiger partial charge on any atom is -0.504 e. The molecule has 1 saturated carbocycles. The van der Waals surface area contributed by atoms with E-state index in [2.05, 4.69) is 11.9 Å². The zero-order valence-electron chi connectivity index (χ0n) is 12.6. The van der Waals surface area contributed by atoms with E-state index in [1.54, 1.807) is 6.07 Å². The molecule has 1 unspecified atom stereocenters. The van der Waals surface area contributed by atoms with E-state index in [1.807, 2.05) is 6.07 Å². The predicted octanol–water partition coefficient (Wildman–Crippen LogP) is 0.742. The molecule has 4 aliphatic rings. The Bertz CT molecular complexity index is 673. The molecule has 0 aromatic heterocycles. The van der Waals surface area contributed by atoms with E-state index >= 15 is 0 Å². The van der Waals surface area contributed by atoms with Crippen LogP contribution in [-0.4, -0.2) is 51.7 Å². The Morgan fingerprint density at radius 3 is 2.91 bits per heavy atom. The number of aliphatic hydroxyl groups is 2. The van der Waals surface area contributed by atoms with Gasteiger partial charge in [0.1, 0.15) is 0 Å². The van der Waals surface area contributed by atoms with Crippen LogP contribution in [0.15, 0.2) is 12.1 Å². The number of benzene rings is 1. The molecule has 3 N–H and O–H groups in total. The summed E-state index contributed by atoms with van der Waals surface area (Å²) < 4.78 is 5.99. The zero-order chi connectivity index (χ0) is 15.3. The van der Waals surface area contributed by atoms with Gasteiger partial charge >= 0.3 is 0 Å². The average molecular weight is 303 g/mol. The molecular weight excluding hydrogens is 282 g/mol. The largest absolute Gasteiger partial charge is 0.504 e. The van der Waals surface area contributed by atoms with Crippen LogP contribution in [-0.2, 0) is 11.8 Å². The molecule has 22 heavy (non-hydrogen) atoms. The van der Waals surface area contributed by atoms with Crippen LogP contribution < -0.4 is 4.74 Å². The monoisotopic (exact) mass is 303 g/mol. The van der Waals surface area contributed by atoms with Gasteiger partial charge in [0, 0.05) is 23.4 Å². The number of hydrogen-bond donors (Lipinski definition) is 3. The summed E-state index contributed by atoms with van der Waals surface area (Å²) in [5, 5.41) is 31.3. The Morgan fingerprint density at radius 1 is 1.27 bits per heavy atom. The van der Waals surface area contributed by atoms with Crippen molar-refractivity contribution in [1.29, 1.82) is 0 Å². The maximum absolute atomic E-state index is 10.5. The quantitative estimate of drug-likeness (QED) is 0.617. The second-order valence-electron chi connectivity index (χ2n) is 7.51. The molecule has 5 rings (SSSR count). The van der Waals surface area contributed by atoms with Crippen molar-refractivity contribution in [2.75, 3.05) is 13.6 Å². The summed E-state index contributed by atoms with van der Waals surface area (Å²) in [6, 6.07) is 4.07. The number of nitrogens with zero attached hydrogens (tertiary/aromatic N) is 1. The van der Waals surface area contributed by atoms with Crippen molar-refractivity contribution >= 4 is 0 Å². The lowest BCUT2D eigenvalue weighted by Gasteiger charge is -2.59. The highest BCUT2D eigenvalue weighted by Gasteiger charge is 2.69. The van der Waals surface area contributed by atoms with Crippen molar-refractivity contribution in [2.24, 2.45) is 5.92 Å². The molecule has 0 amide bonds. The highest BCUT2D eigenvalue weighted by Crippen LogP contribution is 2.64. The number of hydrogen-bond acceptors (Lipinski definition) is 5. The Morgan fingerprint density at radius 2 is 2.09 bits per heavy atom. The first-order valence-corrected chi connectivity index (χ1v) is 8.12. The van der Waals surface area contributed by atoms with Gasteiger partial charge < -0.3 is 25.0 Å². The summed E-state index contributed by atoms with van der Waals surface area (Å²) in [6.07, 6.45) is 2.25. The highest BCUT2D eigenvalue weighted by atomic mass is 16.6. The number of likely N-dealkylation sites (tertiary alicyclic amines) is 1. The third kappa shape index (κ3) is 1.28. The first-order valence-electron chi connectivity index (χ1n) is 8.12. The first-order chi connectivity index (χ1) is 10.4. The normalized spacial score (nSPS) is 41.0. The maximum atomic E-state index is 10.5. The topological polar surface area (TPSA) is 73.2 Å². The number of piperidine rings is 1. The number of likely N-dealkylation sites (N-methyl/N-ethyl adjacent to an activating group) is 1. The number of ether oxygens (including phenoxy) is 1. The highest BCUT2D eigenvalue weighted by molar-refractivity contribution is 5.60. The maximum Gasteiger partial charge on any atom is 0.201 e. The molecule has 1 spiro atoms. The fraction of sp³-hybridized carbons (Fsp3) is 0.647. The van der Waals surface area contributed by atoms with Gasteiger partial charge in [0.25, 0.3) is 0 Å². The number of phenolic OH excluding ortho intramolecular Hbond substituents is 1. The number of aromatic hydroxyl groups is 1. The summed E-state index contributed by atoms with van der Waals surface area (Å²) in [5.41, 5.74) is 1.89. The Kier molecular flexibility index (Phi) is 2.26. The Balaban J connectivity index is 1.82. The van der Waals surface area contributed by atoms with Crippen LogP contribution in [0.4, 0.5) is 0 Å². The van der Waals surface area contributed by atoms with Crippen molar-refractivity contribution < 1.29 is 20.1 Å². The van der Waals surface area contributed by atoms with Crippen LogP contribution in [0.1, 0.15) is 30.4 Å². The average Bonchev–Trinajstić information content (AvgIpc) is 2.83. The summed E-state index contributed by atoms with van der Waals surface area (Å²) in [5.74, 6) is -0.852. The molecular formula is C17H21NO4. The van der Waals surface area contributed by atoms with Crippen LogP contribution in [0.2, 0.25) is 0 Å². The molecule has 2 heterocycles. The Labute approximate surface area is 129 Å². The van der Waals surface area contributed by atoms with Crippen LogP contribution in [0.25, 0.3) is 0 Å². The minimum atomic E-state index is -1.82. The molecule has 1 aromatic carbocycles. The summed E-state index contributed by atoms with van der Waals surface area (Å²) in [4.78, 5) is 2.41. The lowest BCUT2D eigenvalue weighted by Crippen LogP contribution is -2.69. The SMILES string of the molecule is CN1CC[C@]23c4c5ccc(O)c4O[C@H]2C(O)(O)CCC3[C@H]1C5. The molecule has 1 saturated heterocycles. The standard InChI is InChI=1S/C17H21NO4/c1-18-7-6-16-10-4-5-17(20,21)15(16)22-14-12(19)3-2-9(13(14)16)8-11(10)18/h2-3,10-11,15,19-21H,4-8H2,1H3/t10?,11-,15-,16+/m1/s1. The van der Waals surface area contributed by atoms with Gasteiger partial charge in [-0.15, -0.1) is 0 Å². The van der Waals surface area contributed by atoms with E-state index < -0.39 is 11.9 Å². The number of rotatable bonds is 0. The molecule has 2 bridgehead atoms. The minimum absolute atomic E-state index is 0.120.